The summed E-state index contributed by atoms with van der Waals surface area (Å²) in [5.74, 6) is 2.63. The van der Waals surface area contributed by atoms with Crippen molar-refractivity contribution < 1.29 is 23.7 Å². The summed E-state index contributed by atoms with van der Waals surface area (Å²) in [6.45, 7) is 2.58. The van der Waals surface area contributed by atoms with Gasteiger partial charge in [-0.25, -0.2) is 0 Å². The van der Waals surface area contributed by atoms with Crippen LogP contribution in [0.15, 0.2) is 35.7 Å². The van der Waals surface area contributed by atoms with Gasteiger partial charge in [-0.15, -0.1) is 0 Å². The molecule has 2 aliphatic heterocycles. The van der Waals surface area contributed by atoms with Crippen molar-refractivity contribution in [2.45, 2.75) is 12.8 Å². The fraction of sp³-hybridized carbons (Fsp3) is 0.250. The predicted octanol–water partition coefficient (Wildman–Crippen LogP) is 3.65. The van der Waals surface area contributed by atoms with Gasteiger partial charge in [0.25, 0.3) is 0 Å². The number of fused-ring (bicyclic) bond motifs is 2. The Kier molecular flexibility index (Phi) is 4.85. The van der Waals surface area contributed by atoms with Crippen LogP contribution in [0.2, 0.25) is 0 Å². The van der Waals surface area contributed by atoms with E-state index in [9.17, 15) is 5.26 Å². The van der Waals surface area contributed by atoms with Crippen molar-refractivity contribution in [1.82, 2.24) is 0 Å². The third kappa shape index (κ3) is 2.96. The molecule has 28 heavy (non-hydrogen) atoms. The smallest absolute Gasteiger partial charge is 0.231 e. The van der Waals surface area contributed by atoms with Crippen LogP contribution in [0.3, 0.4) is 0 Å². The number of nitriles is 1. The largest absolute Gasteiger partial charge is 0.493 e. The molecular weight excluding hydrogens is 475 g/mol. The molecule has 0 aromatic heterocycles. The molecule has 0 spiro atoms. The van der Waals surface area contributed by atoms with Gasteiger partial charge in [0.1, 0.15) is 17.4 Å². The number of ether oxygens (including phenoxy) is 5. The molecule has 2 heterocycles. The molecule has 2 aliphatic rings. The third-order valence-corrected chi connectivity index (χ3v) is 5.39. The van der Waals surface area contributed by atoms with Crippen LogP contribution >= 0.6 is 22.6 Å². The lowest BCUT2D eigenvalue weighted by Crippen LogP contribution is -2.21. The topological polar surface area (TPSA) is 96.0 Å². The van der Waals surface area contributed by atoms with Crippen LogP contribution in [0.25, 0.3) is 0 Å². The Hall–Kier alpha value is -2.80. The second-order valence-electron chi connectivity index (χ2n) is 6.14. The summed E-state index contributed by atoms with van der Waals surface area (Å²) in [6, 6.07) is 9.59. The van der Waals surface area contributed by atoms with Crippen molar-refractivity contribution in [2.75, 3.05) is 20.5 Å². The van der Waals surface area contributed by atoms with Crippen molar-refractivity contribution in [2.24, 2.45) is 5.73 Å². The quantitative estimate of drug-likeness (QED) is 0.652. The van der Waals surface area contributed by atoms with Crippen LogP contribution in [-0.2, 0) is 0 Å². The molecule has 4 rings (SSSR count). The highest BCUT2D eigenvalue weighted by Gasteiger charge is 2.34. The lowest BCUT2D eigenvalue weighted by atomic mass is 9.83. The van der Waals surface area contributed by atoms with Crippen LogP contribution in [0, 0.1) is 14.9 Å². The normalized spacial score (nSPS) is 16.9. The fourth-order valence-corrected chi connectivity index (χ4v) is 4.16. The van der Waals surface area contributed by atoms with Gasteiger partial charge in [0, 0.05) is 11.6 Å². The van der Waals surface area contributed by atoms with Crippen molar-refractivity contribution in [3.63, 3.8) is 0 Å². The maximum absolute atomic E-state index is 9.77. The molecule has 7 nitrogen and oxygen atoms in total. The number of allylic oxidation sites excluding steroid dienone is 1. The summed E-state index contributed by atoms with van der Waals surface area (Å²) >= 11 is 2.20. The van der Waals surface area contributed by atoms with E-state index in [1.807, 2.05) is 25.1 Å². The summed E-state index contributed by atoms with van der Waals surface area (Å²) in [7, 11) is 1.59. The van der Waals surface area contributed by atoms with Gasteiger partial charge in [-0.2, -0.15) is 5.26 Å². The van der Waals surface area contributed by atoms with E-state index in [0.717, 1.165) is 14.7 Å². The van der Waals surface area contributed by atoms with Crippen molar-refractivity contribution in [3.05, 3.63) is 50.4 Å². The first kappa shape index (κ1) is 18.6. The molecule has 2 N–H and O–H groups in total. The SMILES string of the molecule is CCOc1c(I)cc([C@H]2C(C#N)=C(N)Oc3cc4c(cc32)OCO4)cc1OC. The predicted molar refractivity (Wildman–Crippen MR) is 109 cm³/mol. The number of hydrogen-bond acceptors (Lipinski definition) is 7. The molecule has 1 atom stereocenters. The minimum atomic E-state index is -0.429. The first-order valence-electron chi connectivity index (χ1n) is 8.58. The van der Waals surface area contributed by atoms with E-state index in [1.54, 1.807) is 13.2 Å². The molecule has 0 aliphatic carbocycles. The molecule has 0 saturated carbocycles. The second-order valence-corrected chi connectivity index (χ2v) is 7.30. The van der Waals surface area contributed by atoms with Crippen molar-refractivity contribution in [1.29, 1.82) is 5.26 Å². The number of halogens is 1. The zero-order valence-electron chi connectivity index (χ0n) is 15.2. The van der Waals surface area contributed by atoms with Gasteiger partial charge in [-0.3, -0.25) is 0 Å². The highest BCUT2D eigenvalue weighted by molar-refractivity contribution is 14.1. The summed E-state index contributed by atoms with van der Waals surface area (Å²) in [5, 5.41) is 9.77. The molecular formula is C20H17IN2O5. The molecule has 0 radical (unpaired) electrons. The van der Waals surface area contributed by atoms with Crippen LogP contribution < -0.4 is 29.4 Å². The highest BCUT2D eigenvalue weighted by Crippen LogP contribution is 2.49. The Bertz CT molecular complexity index is 1030. The molecule has 0 unspecified atom stereocenters. The number of nitrogens with zero attached hydrogens (tertiary/aromatic N) is 1. The Morgan fingerprint density at radius 1 is 1.21 bits per heavy atom. The molecule has 0 saturated heterocycles. The zero-order chi connectivity index (χ0) is 19.8. The molecule has 0 amide bonds. The average Bonchev–Trinajstić information content (AvgIpc) is 3.14. The first-order valence-corrected chi connectivity index (χ1v) is 9.66. The van der Waals surface area contributed by atoms with Gasteiger partial charge in [0.05, 0.1) is 23.2 Å². The van der Waals surface area contributed by atoms with E-state index in [4.69, 9.17) is 29.4 Å². The minimum absolute atomic E-state index is 0.0710. The summed E-state index contributed by atoms with van der Waals surface area (Å²) in [4.78, 5) is 0. The summed E-state index contributed by atoms with van der Waals surface area (Å²) < 4.78 is 28.8. The van der Waals surface area contributed by atoms with Gasteiger partial charge in [-0.05, 0) is 53.3 Å². The molecule has 2 aromatic carbocycles. The lowest BCUT2D eigenvalue weighted by molar-refractivity contribution is 0.174. The number of rotatable bonds is 4. The third-order valence-electron chi connectivity index (χ3n) is 4.58. The van der Waals surface area contributed by atoms with Crippen LogP contribution in [0.4, 0.5) is 0 Å². The number of hydrogen-bond donors (Lipinski definition) is 1. The van der Waals surface area contributed by atoms with Gasteiger partial charge in [0.15, 0.2) is 23.0 Å². The fourth-order valence-electron chi connectivity index (χ4n) is 3.38. The van der Waals surface area contributed by atoms with Crippen LogP contribution in [-0.4, -0.2) is 20.5 Å². The molecule has 0 bridgehead atoms. The van der Waals surface area contributed by atoms with E-state index < -0.39 is 5.92 Å². The van der Waals surface area contributed by atoms with E-state index in [-0.39, 0.29) is 12.7 Å². The van der Waals surface area contributed by atoms with Gasteiger partial charge < -0.3 is 29.4 Å². The highest BCUT2D eigenvalue weighted by atomic mass is 127. The van der Waals surface area contributed by atoms with Gasteiger partial charge in [-0.1, -0.05) is 0 Å². The first-order chi connectivity index (χ1) is 13.6. The van der Waals surface area contributed by atoms with Crippen molar-refractivity contribution in [3.8, 4) is 34.8 Å². The van der Waals surface area contributed by atoms with Crippen molar-refractivity contribution >= 4 is 22.6 Å². The van der Waals surface area contributed by atoms with E-state index in [1.165, 1.54) is 0 Å². The maximum atomic E-state index is 9.77. The Morgan fingerprint density at radius 3 is 2.64 bits per heavy atom. The van der Waals surface area contributed by atoms with Gasteiger partial charge in [0.2, 0.25) is 12.7 Å². The maximum Gasteiger partial charge on any atom is 0.231 e. The van der Waals surface area contributed by atoms with E-state index >= 15 is 0 Å². The Morgan fingerprint density at radius 2 is 1.96 bits per heavy atom. The number of benzene rings is 2. The molecule has 8 heteroatoms. The Balaban J connectivity index is 1.91. The standard InChI is InChI=1S/C20H17IN2O5/c1-3-25-19-13(21)4-10(5-17(19)24-2)18-11-6-15-16(27-9-26-15)7-14(11)28-20(23)12(18)8-22/h4-7,18H,3,9,23H2,1-2H3/t18-/m1/s1. The average molecular weight is 492 g/mol. The number of methoxy groups -OCH3 is 1. The molecule has 2 aromatic rings. The van der Waals surface area contributed by atoms with E-state index in [2.05, 4.69) is 28.7 Å². The molecule has 144 valence electrons. The lowest BCUT2D eigenvalue weighted by Gasteiger charge is -2.27. The summed E-state index contributed by atoms with van der Waals surface area (Å²) in [5.41, 5.74) is 8.01. The monoisotopic (exact) mass is 492 g/mol. The van der Waals surface area contributed by atoms with Crippen LogP contribution in [0.1, 0.15) is 24.0 Å². The molecule has 0 fully saturated rings. The Labute approximate surface area is 175 Å². The van der Waals surface area contributed by atoms with Gasteiger partial charge >= 0.3 is 0 Å². The zero-order valence-corrected chi connectivity index (χ0v) is 17.4. The number of nitrogens with two attached hydrogens (primary N) is 1. The van der Waals surface area contributed by atoms with Crippen LogP contribution in [0.5, 0.6) is 28.7 Å². The second kappa shape index (κ2) is 7.31. The summed E-state index contributed by atoms with van der Waals surface area (Å²) in [6.07, 6.45) is 0. The minimum Gasteiger partial charge on any atom is -0.493 e. The van der Waals surface area contributed by atoms with E-state index in [0.29, 0.717) is 40.9 Å².